The number of nitrogens with zero attached hydrogens (tertiary/aromatic N) is 1. The summed E-state index contributed by atoms with van der Waals surface area (Å²) in [7, 11) is -3.51. The Morgan fingerprint density at radius 3 is 2.56 bits per heavy atom. The van der Waals surface area contributed by atoms with E-state index in [0.717, 1.165) is 24.0 Å². The first kappa shape index (κ1) is 28.2. The zero-order valence-corrected chi connectivity index (χ0v) is 23.0. The van der Waals surface area contributed by atoms with Crippen molar-refractivity contribution < 1.29 is 17.9 Å². The number of anilines is 1. The highest BCUT2D eigenvalue weighted by molar-refractivity contribution is 7.92. The normalized spacial score (nSPS) is 21.8. The number of hydrogen-bond donors (Lipinski definition) is 2. The molecule has 0 aliphatic carbocycles. The van der Waals surface area contributed by atoms with Crippen LogP contribution in [0.3, 0.4) is 0 Å². The number of benzene rings is 2. The molecule has 3 N–H and O–H groups in total. The lowest BCUT2D eigenvalue weighted by atomic mass is 9.91. The van der Waals surface area contributed by atoms with Crippen molar-refractivity contribution >= 4 is 21.6 Å². The summed E-state index contributed by atoms with van der Waals surface area (Å²) in [4.78, 5) is 13.4. The van der Waals surface area contributed by atoms with Gasteiger partial charge in [-0.2, -0.15) is 0 Å². The van der Waals surface area contributed by atoms with Crippen LogP contribution in [0.5, 0.6) is 0 Å². The number of carbonyl (C=O) groups is 1. The number of ether oxygens (including phenoxy) is 1. The molecule has 1 amide bonds. The van der Waals surface area contributed by atoms with Gasteiger partial charge in [0.15, 0.2) is 0 Å². The van der Waals surface area contributed by atoms with Gasteiger partial charge in [0.05, 0.1) is 25.2 Å². The Morgan fingerprint density at radius 1 is 1.17 bits per heavy atom. The molecule has 36 heavy (non-hydrogen) atoms. The molecule has 0 radical (unpaired) electrons. The van der Waals surface area contributed by atoms with Crippen LogP contribution in [-0.4, -0.2) is 45.3 Å². The molecular formula is C28H41N3O4S. The van der Waals surface area contributed by atoms with Gasteiger partial charge in [0, 0.05) is 23.7 Å². The van der Waals surface area contributed by atoms with E-state index < -0.39 is 15.6 Å². The summed E-state index contributed by atoms with van der Waals surface area (Å²) in [5.41, 5.74) is 10.0. The van der Waals surface area contributed by atoms with Gasteiger partial charge in [0.1, 0.15) is 0 Å². The monoisotopic (exact) mass is 515 g/mol. The van der Waals surface area contributed by atoms with E-state index in [1.807, 2.05) is 13.8 Å². The number of sulfonamides is 1. The number of nitrogens with one attached hydrogen (secondary N) is 1. The number of rotatable bonds is 5. The zero-order chi connectivity index (χ0) is 26.5. The third kappa shape index (κ3) is 7.79. The van der Waals surface area contributed by atoms with Crippen LogP contribution < -0.4 is 15.4 Å². The molecule has 198 valence electrons. The van der Waals surface area contributed by atoms with Crippen molar-refractivity contribution in [2.24, 2.45) is 11.7 Å². The molecule has 0 aromatic heterocycles. The van der Waals surface area contributed by atoms with Crippen molar-refractivity contribution in [3.63, 3.8) is 0 Å². The molecule has 2 atom stereocenters. The Bertz CT molecular complexity index is 1160. The maximum Gasteiger partial charge on any atom is 0.251 e. The second-order valence-corrected chi connectivity index (χ2v) is 12.6. The number of fused-ring (bicyclic) bond motifs is 4. The molecular weight excluding hydrogens is 474 g/mol. The van der Waals surface area contributed by atoms with Crippen LogP contribution >= 0.6 is 0 Å². The molecule has 3 rings (SSSR count). The third-order valence-electron chi connectivity index (χ3n) is 6.52. The number of nitrogens with two attached hydrogens (primary N) is 1. The molecule has 7 nitrogen and oxygen atoms in total. The summed E-state index contributed by atoms with van der Waals surface area (Å²) >= 11 is 0. The third-order valence-corrected chi connectivity index (χ3v) is 7.71. The van der Waals surface area contributed by atoms with E-state index in [-0.39, 0.29) is 24.5 Å². The fourth-order valence-electron chi connectivity index (χ4n) is 4.68. The highest BCUT2D eigenvalue weighted by Crippen LogP contribution is 2.24. The van der Waals surface area contributed by atoms with Crippen molar-refractivity contribution in [1.29, 1.82) is 0 Å². The van der Waals surface area contributed by atoms with E-state index in [0.29, 0.717) is 37.2 Å². The molecule has 0 fully saturated rings. The van der Waals surface area contributed by atoms with Crippen molar-refractivity contribution in [3.8, 4) is 0 Å². The van der Waals surface area contributed by atoms with Crippen molar-refractivity contribution in [1.82, 2.24) is 5.32 Å². The maximum absolute atomic E-state index is 13.4. The average molecular weight is 516 g/mol. The van der Waals surface area contributed by atoms with Gasteiger partial charge in [0.25, 0.3) is 5.91 Å². The Kier molecular flexibility index (Phi) is 9.19. The zero-order valence-electron chi connectivity index (χ0n) is 22.2. The minimum atomic E-state index is -3.51. The summed E-state index contributed by atoms with van der Waals surface area (Å²) in [6, 6.07) is 13.6. The topological polar surface area (TPSA) is 102 Å². The van der Waals surface area contributed by atoms with Gasteiger partial charge in [-0.05, 0) is 73.4 Å². The highest BCUT2D eigenvalue weighted by atomic mass is 32.2. The molecule has 0 saturated heterocycles. The summed E-state index contributed by atoms with van der Waals surface area (Å²) in [6.07, 6.45) is 4.14. The van der Waals surface area contributed by atoms with Crippen LogP contribution in [0.2, 0.25) is 0 Å². The maximum atomic E-state index is 13.4. The SMILES string of the molecule is CCCN(c1cc2cc(c1)C(=O)NC(C(C)C)CCc1cccc(c1)CC(C)(N)COC2)S(C)(=O)=O. The van der Waals surface area contributed by atoms with Crippen LogP contribution in [0.25, 0.3) is 0 Å². The van der Waals surface area contributed by atoms with Gasteiger partial charge in [0.2, 0.25) is 10.0 Å². The first-order chi connectivity index (χ1) is 16.9. The van der Waals surface area contributed by atoms with Crippen molar-refractivity contribution in [3.05, 3.63) is 64.7 Å². The van der Waals surface area contributed by atoms with Crippen LogP contribution in [-0.2, 0) is 34.2 Å². The molecule has 0 spiro atoms. The van der Waals surface area contributed by atoms with Crippen LogP contribution in [0.15, 0.2) is 42.5 Å². The standard InChI is InChI=1S/C28H41N3O4S/c1-6-12-31(36(5,33)34)25-15-23-14-24(16-25)27(32)30-26(20(2)3)11-10-21-8-7-9-22(13-21)17-28(4,29)19-35-18-23/h7-9,13-16,20,26H,6,10-12,17-19,29H2,1-5H3,(H,30,32). The second kappa shape index (κ2) is 11.8. The van der Waals surface area contributed by atoms with E-state index >= 15 is 0 Å². The first-order valence-electron chi connectivity index (χ1n) is 12.7. The Hall–Kier alpha value is -2.42. The molecule has 0 saturated carbocycles. The Morgan fingerprint density at radius 2 is 1.89 bits per heavy atom. The van der Waals surface area contributed by atoms with E-state index in [1.165, 1.54) is 16.1 Å². The lowest BCUT2D eigenvalue weighted by molar-refractivity contribution is 0.0789. The molecule has 1 heterocycles. The largest absolute Gasteiger partial charge is 0.375 e. The van der Waals surface area contributed by atoms with Gasteiger partial charge in [-0.1, -0.05) is 45.0 Å². The summed E-state index contributed by atoms with van der Waals surface area (Å²) < 4.78 is 32.5. The number of amides is 1. The van der Waals surface area contributed by atoms with Gasteiger partial charge in [-0.15, -0.1) is 0 Å². The molecule has 4 bridgehead atoms. The average Bonchev–Trinajstić information content (AvgIpc) is 2.78. The van der Waals surface area contributed by atoms with Crippen molar-refractivity contribution in [2.75, 3.05) is 23.7 Å². The Labute approximate surface area is 216 Å². The van der Waals surface area contributed by atoms with Crippen molar-refractivity contribution in [2.45, 2.75) is 71.6 Å². The van der Waals surface area contributed by atoms with Crippen LogP contribution in [0.4, 0.5) is 5.69 Å². The highest BCUT2D eigenvalue weighted by Gasteiger charge is 2.24. The molecule has 2 aromatic rings. The van der Waals surface area contributed by atoms with E-state index in [2.05, 4.69) is 43.4 Å². The summed E-state index contributed by atoms with van der Waals surface area (Å²) in [5, 5.41) is 3.20. The van der Waals surface area contributed by atoms with Gasteiger partial charge < -0.3 is 15.8 Å². The second-order valence-electron chi connectivity index (χ2n) is 10.7. The Balaban J connectivity index is 2.02. The smallest absolute Gasteiger partial charge is 0.251 e. The van der Waals surface area contributed by atoms with Gasteiger partial charge in [-0.3, -0.25) is 9.10 Å². The fourth-order valence-corrected chi connectivity index (χ4v) is 5.69. The number of aryl methyl sites for hydroxylation is 1. The predicted octanol–water partition coefficient (Wildman–Crippen LogP) is 4.04. The lowest BCUT2D eigenvalue weighted by Crippen LogP contribution is -2.43. The minimum Gasteiger partial charge on any atom is -0.375 e. The molecule has 2 aromatic carbocycles. The number of carbonyl (C=O) groups excluding carboxylic acids is 1. The van der Waals surface area contributed by atoms with Gasteiger partial charge >= 0.3 is 0 Å². The summed E-state index contributed by atoms with van der Waals surface area (Å²) in [5.74, 6) is 0.0215. The van der Waals surface area contributed by atoms with Gasteiger partial charge in [-0.25, -0.2) is 8.42 Å². The fraction of sp³-hybridized carbons (Fsp3) is 0.536. The quantitative estimate of drug-likeness (QED) is 0.626. The molecule has 1 aliphatic rings. The van der Waals surface area contributed by atoms with E-state index in [4.69, 9.17) is 10.5 Å². The predicted molar refractivity (Wildman–Crippen MR) is 146 cm³/mol. The first-order valence-corrected chi connectivity index (χ1v) is 14.6. The van der Waals surface area contributed by atoms with E-state index in [1.54, 1.807) is 18.2 Å². The van der Waals surface area contributed by atoms with Crippen LogP contribution in [0.1, 0.15) is 67.6 Å². The van der Waals surface area contributed by atoms with Crippen LogP contribution in [0, 0.1) is 5.92 Å². The number of hydrogen-bond acceptors (Lipinski definition) is 5. The molecule has 8 heteroatoms. The minimum absolute atomic E-state index is 0.0288. The van der Waals surface area contributed by atoms with E-state index in [9.17, 15) is 13.2 Å². The summed E-state index contributed by atoms with van der Waals surface area (Å²) in [6.45, 7) is 8.97. The molecule has 2 unspecified atom stereocenters. The molecule has 1 aliphatic heterocycles. The lowest BCUT2D eigenvalue weighted by Gasteiger charge is -2.27.